The van der Waals surface area contributed by atoms with Gasteiger partial charge in [0.25, 0.3) is 0 Å². The first-order valence-corrected chi connectivity index (χ1v) is 12.4. The summed E-state index contributed by atoms with van der Waals surface area (Å²) in [5.74, 6) is -1.45. The Morgan fingerprint density at radius 3 is 2.71 bits per heavy atom. The van der Waals surface area contributed by atoms with E-state index in [-0.39, 0.29) is 41.0 Å². The minimum atomic E-state index is -4.79. The van der Waals surface area contributed by atoms with Crippen molar-refractivity contribution in [3.05, 3.63) is 57.7 Å². The zero-order valence-corrected chi connectivity index (χ0v) is 21.9. The summed E-state index contributed by atoms with van der Waals surface area (Å²) in [7, 11) is 1.14. The summed E-state index contributed by atoms with van der Waals surface area (Å²) in [6.45, 7) is 4.16. The highest BCUT2D eigenvalue weighted by Crippen LogP contribution is 2.41. The van der Waals surface area contributed by atoms with Gasteiger partial charge in [-0.05, 0) is 43.9 Å². The van der Waals surface area contributed by atoms with Crippen molar-refractivity contribution in [2.75, 3.05) is 13.7 Å². The third-order valence-corrected chi connectivity index (χ3v) is 7.34. The number of benzene rings is 1. The lowest BCUT2D eigenvalue weighted by Crippen LogP contribution is -2.56. The topological polar surface area (TPSA) is 107 Å². The Morgan fingerprint density at radius 2 is 2.08 bits per heavy atom. The van der Waals surface area contributed by atoms with Gasteiger partial charge >= 0.3 is 6.18 Å². The van der Waals surface area contributed by atoms with Crippen molar-refractivity contribution < 1.29 is 32.2 Å². The van der Waals surface area contributed by atoms with Crippen LogP contribution in [0, 0.1) is 0 Å². The number of pyridine rings is 1. The summed E-state index contributed by atoms with van der Waals surface area (Å²) in [6.07, 6.45) is -3.07. The highest BCUT2D eigenvalue weighted by molar-refractivity contribution is 6.32. The number of Topliss-reactive ketones (excluding diaryl/α,β-unsaturated/α-hetero) is 1. The predicted octanol–water partition coefficient (Wildman–Crippen LogP) is 4.52. The molecular weight excluding hydrogens is 525 g/mol. The van der Waals surface area contributed by atoms with Gasteiger partial charge in [0, 0.05) is 30.3 Å². The van der Waals surface area contributed by atoms with E-state index in [2.05, 4.69) is 9.98 Å². The lowest BCUT2D eigenvalue weighted by atomic mass is 9.85. The summed E-state index contributed by atoms with van der Waals surface area (Å²) < 4.78 is 51.4. The second-order valence-electron chi connectivity index (χ2n) is 9.66. The highest BCUT2D eigenvalue weighted by Gasteiger charge is 2.43. The predicted molar refractivity (Wildman–Crippen MR) is 134 cm³/mol. The normalized spacial score (nSPS) is 24.2. The number of amides is 1. The Labute approximate surface area is 223 Å². The second-order valence-corrected chi connectivity index (χ2v) is 10.0. The average molecular weight is 553 g/mol. The summed E-state index contributed by atoms with van der Waals surface area (Å²) in [5.41, 5.74) is 4.04. The molecule has 4 rings (SSSR count). The Morgan fingerprint density at radius 1 is 1.34 bits per heavy atom. The lowest BCUT2D eigenvalue weighted by molar-refractivity contribution is -0.138. The Bertz CT molecular complexity index is 1290. The molecule has 0 saturated carbocycles. The van der Waals surface area contributed by atoms with Gasteiger partial charge in [-0.25, -0.2) is 9.98 Å². The van der Waals surface area contributed by atoms with E-state index in [0.717, 1.165) is 19.4 Å². The molecule has 2 aliphatic rings. The number of aliphatic imine (C=N–C) groups is 1. The molecule has 1 amide bonds. The maximum Gasteiger partial charge on any atom is 0.417 e. The molecule has 2 N–H and O–H groups in total. The molecule has 2 aromatic rings. The Kier molecular flexibility index (Phi) is 7.72. The SMILES string of the molecule is COc1nccc(C(F)(F)F)c1C(=O)Cc1cccc([C@]2(C)CC(=O)N([C@@H]3CCO[C@H](C)C3)C(N)=N2)c1Cl. The number of aromatic nitrogens is 1. The van der Waals surface area contributed by atoms with Crippen LogP contribution in [0.4, 0.5) is 13.2 Å². The summed E-state index contributed by atoms with van der Waals surface area (Å²) in [5, 5.41) is 0.122. The van der Waals surface area contributed by atoms with Crippen LogP contribution in [0.25, 0.3) is 0 Å². The molecule has 3 atom stereocenters. The van der Waals surface area contributed by atoms with Crippen molar-refractivity contribution in [3.8, 4) is 5.88 Å². The fourth-order valence-corrected chi connectivity index (χ4v) is 5.50. The zero-order chi connectivity index (χ0) is 27.8. The second kappa shape index (κ2) is 10.5. The number of methoxy groups -OCH3 is 1. The number of carbonyl (C=O) groups is 2. The van der Waals surface area contributed by atoms with E-state index in [1.807, 2.05) is 6.92 Å². The van der Waals surface area contributed by atoms with Crippen LogP contribution in [0.5, 0.6) is 5.88 Å². The van der Waals surface area contributed by atoms with Gasteiger partial charge in [0.1, 0.15) is 0 Å². The number of hydrogen-bond acceptors (Lipinski definition) is 7. The van der Waals surface area contributed by atoms with Crippen LogP contribution >= 0.6 is 11.6 Å². The Balaban J connectivity index is 1.66. The molecule has 0 spiro atoms. The van der Waals surface area contributed by atoms with Crippen LogP contribution < -0.4 is 10.5 Å². The average Bonchev–Trinajstić information content (AvgIpc) is 2.83. The zero-order valence-electron chi connectivity index (χ0n) is 21.1. The van der Waals surface area contributed by atoms with Crippen molar-refractivity contribution in [2.45, 2.75) is 63.4 Å². The summed E-state index contributed by atoms with van der Waals surface area (Å²) >= 11 is 6.69. The van der Waals surface area contributed by atoms with Crippen LogP contribution in [-0.2, 0) is 27.7 Å². The fourth-order valence-electron chi connectivity index (χ4n) is 5.11. The third kappa shape index (κ3) is 5.35. The maximum absolute atomic E-state index is 13.6. The summed E-state index contributed by atoms with van der Waals surface area (Å²) in [6, 6.07) is 5.42. The van der Waals surface area contributed by atoms with Gasteiger partial charge in [-0.15, -0.1) is 0 Å². The molecule has 8 nitrogen and oxygen atoms in total. The van der Waals surface area contributed by atoms with Crippen LogP contribution in [-0.4, -0.2) is 53.4 Å². The highest BCUT2D eigenvalue weighted by atomic mass is 35.5. The first-order valence-electron chi connectivity index (χ1n) is 12.1. The molecule has 2 aliphatic heterocycles. The largest absolute Gasteiger partial charge is 0.480 e. The third-order valence-electron chi connectivity index (χ3n) is 6.90. The van der Waals surface area contributed by atoms with Crippen molar-refractivity contribution in [1.29, 1.82) is 0 Å². The minimum absolute atomic E-state index is 0.0115. The first-order chi connectivity index (χ1) is 17.9. The maximum atomic E-state index is 13.6. The number of rotatable bonds is 6. The number of guanidine groups is 1. The molecule has 0 radical (unpaired) electrons. The summed E-state index contributed by atoms with van der Waals surface area (Å²) in [4.78, 5) is 36.3. The number of nitrogens with zero attached hydrogens (tertiary/aromatic N) is 3. The van der Waals surface area contributed by atoms with Crippen LogP contribution in [0.2, 0.25) is 5.02 Å². The van der Waals surface area contributed by atoms with Crippen molar-refractivity contribution in [1.82, 2.24) is 9.88 Å². The minimum Gasteiger partial charge on any atom is -0.480 e. The number of ketones is 1. The molecule has 1 aromatic carbocycles. The monoisotopic (exact) mass is 552 g/mol. The van der Waals surface area contributed by atoms with Gasteiger partial charge in [-0.3, -0.25) is 14.5 Å². The molecule has 1 saturated heterocycles. The van der Waals surface area contributed by atoms with Gasteiger partial charge in [-0.1, -0.05) is 29.8 Å². The van der Waals surface area contributed by atoms with E-state index in [4.69, 9.17) is 26.8 Å². The van der Waals surface area contributed by atoms with E-state index in [0.29, 0.717) is 25.0 Å². The molecule has 12 heteroatoms. The smallest absolute Gasteiger partial charge is 0.417 e. The molecule has 0 unspecified atom stereocenters. The van der Waals surface area contributed by atoms with E-state index in [1.54, 1.807) is 19.1 Å². The number of carbonyl (C=O) groups excluding carboxylic acids is 2. The quantitative estimate of drug-likeness (QED) is 0.528. The molecule has 1 aromatic heterocycles. The van der Waals surface area contributed by atoms with Crippen molar-refractivity contribution in [3.63, 3.8) is 0 Å². The fraction of sp³-hybridized carbons (Fsp3) is 0.462. The van der Waals surface area contributed by atoms with Gasteiger partial charge in [0.05, 0.1) is 36.3 Å². The van der Waals surface area contributed by atoms with E-state index in [9.17, 15) is 22.8 Å². The van der Waals surface area contributed by atoms with Crippen molar-refractivity contribution in [2.24, 2.45) is 10.7 Å². The van der Waals surface area contributed by atoms with Gasteiger partial charge in [0.2, 0.25) is 11.8 Å². The van der Waals surface area contributed by atoms with Crippen LogP contribution in [0.3, 0.4) is 0 Å². The number of hydrogen-bond donors (Lipinski definition) is 1. The van der Waals surface area contributed by atoms with E-state index in [1.165, 1.54) is 11.0 Å². The van der Waals surface area contributed by atoms with Crippen molar-refractivity contribution >= 4 is 29.3 Å². The molecular formula is C26H28ClF3N4O4. The van der Waals surface area contributed by atoms with Gasteiger partial charge in [0.15, 0.2) is 11.7 Å². The Hall–Kier alpha value is -3.18. The molecule has 0 bridgehead atoms. The van der Waals surface area contributed by atoms with E-state index < -0.39 is 40.9 Å². The van der Waals surface area contributed by atoms with Crippen LogP contribution in [0.15, 0.2) is 35.5 Å². The molecule has 3 heterocycles. The van der Waals surface area contributed by atoms with Gasteiger partial charge < -0.3 is 15.2 Å². The molecule has 0 aliphatic carbocycles. The number of ether oxygens (including phenoxy) is 2. The number of nitrogens with two attached hydrogens (primary N) is 1. The van der Waals surface area contributed by atoms with Crippen LogP contribution in [0.1, 0.15) is 60.2 Å². The molecule has 204 valence electrons. The van der Waals surface area contributed by atoms with Gasteiger partial charge in [-0.2, -0.15) is 13.2 Å². The van der Waals surface area contributed by atoms with E-state index >= 15 is 0 Å². The number of halogens is 4. The standard InChI is InChI=1S/C26H28ClF3N4O4/c1-14-11-16(8-10-38-14)34-20(36)13-25(2,33-24(34)31)18-6-4-5-15(22(18)27)12-19(35)21-17(26(28,29)30)7-9-32-23(21)37-3/h4-7,9,14,16H,8,10-13H2,1-3H3,(H2,31,33)/t14-,16-,25+/m1/s1. The first kappa shape index (κ1) is 27.8. The molecule has 38 heavy (non-hydrogen) atoms. The molecule has 1 fully saturated rings. The number of alkyl halides is 3. The lowest BCUT2D eigenvalue weighted by Gasteiger charge is -2.41.